The lowest BCUT2D eigenvalue weighted by Crippen LogP contribution is -2.57. The molecule has 2 saturated heterocycles. The van der Waals surface area contributed by atoms with Crippen molar-refractivity contribution in [2.24, 2.45) is 0 Å². The van der Waals surface area contributed by atoms with E-state index in [0.29, 0.717) is 0 Å². The number of hydrogen-bond donors (Lipinski definition) is 1. The predicted octanol–water partition coefficient (Wildman–Crippen LogP) is 1.26. The molecule has 2 atom stereocenters. The first-order valence-electron chi connectivity index (χ1n) is 9.03. The van der Waals surface area contributed by atoms with Crippen molar-refractivity contribution in [3.05, 3.63) is 24.0 Å². The van der Waals surface area contributed by atoms with Gasteiger partial charge in [0.25, 0.3) is 0 Å². The summed E-state index contributed by atoms with van der Waals surface area (Å²) in [5.41, 5.74) is 1.80. The number of aromatic nitrogens is 1. The maximum absolute atomic E-state index is 12.6. The molecule has 2 aliphatic heterocycles. The molecule has 1 aromatic rings. The van der Waals surface area contributed by atoms with Crippen LogP contribution in [0.2, 0.25) is 0 Å². The zero-order valence-electron chi connectivity index (χ0n) is 15.4. The van der Waals surface area contributed by atoms with Gasteiger partial charge in [-0.15, -0.1) is 0 Å². The molecule has 0 bridgehead atoms. The summed E-state index contributed by atoms with van der Waals surface area (Å²) in [7, 11) is 2.14. The number of ether oxygens (including phenoxy) is 1. The molecule has 2 amide bonds. The van der Waals surface area contributed by atoms with E-state index in [2.05, 4.69) is 34.1 Å². The quantitative estimate of drug-likeness (QED) is 0.892. The van der Waals surface area contributed by atoms with Crippen LogP contribution in [0.15, 0.2) is 18.5 Å². The summed E-state index contributed by atoms with van der Waals surface area (Å²) in [5.74, 6) is 0. The SMILES string of the molecule is Cc1cnccc1NC(=O)N1CCN(CC2CN(C)CCO2)CC1C. The fourth-order valence-corrected chi connectivity index (χ4v) is 3.57. The molecule has 0 aliphatic carbocycles. The molecule has 3 heterocycles. The second kappa shape index (κ2) is 8.12. The molecular formula is C18H29N5O2. The Kier molecular flexibility index (Phi) is 5.88. The van der Waals surface area contributed by atoms with E-state index >= 15 is 0 Å². The lowest BCUT2D eigenvalue weighted by atomic mass is 10.1. The molecule has 0 radical (unpaired) electrons. The minimum absolute atomic E-state index is 0.0323. The zero-order chi connectivity index (χ0) is 17.8. The lowest BCUT2D eigenvalue weighted by Gasteiger charge is -2.42. The van der Waals surface area contributed by atoms with Gasteiger partial charge in [0.1, 0.15) is 0 Å². The summed E-state index contributed by atoms with van der Waals surface area (Å²) in [5, 5.41) is 3.01. The van der Waals surface area contributed by atoms with Crippen LogP contribution in [0.5, 0.6) is 0 Å². The standard InChI is InChI=1S/C18H29N5O2/c1-14-10-19-5-4-17(14)20-18(24)23-7-6-22(11-15(23)2)13-16-12-21(3)8-9-25-16/h4-5,10,15-16H,6-9,11-13H2,1-3H3,(H,19,20,24). The Bertz CT molecular complexity index is 597. The summed E-state index contributed by atoms with van der Waals surface area (Å²) < 4.78 is 5.87. The fourth-order valence-electron chi connectivity index (χ4n) is 3.57. The van der Waals surface area contributed by atoms with Crippen LogP contribution in [0.1, 0.15) is 12.5 Å². The van der Waals surface area contributed by atoms with Gasteiger partial charge in [0.05, 0.1) is 12.7 Å². The van der Waals surface area contributed by atoms with Gasteiger partial charge in [-0.2, -0.15) is 0 Å². The molecular weight excluding hydrogens is 318 g/mol. The van der Waals surface area contributed by atoms with Crippen LogP contribution in [-0.4, -0.2) is 90.8 Å². The normalized spacial score (nSPS) is 25.8. The molecule has 0 spiro atoms. The minimum atomic E-state index is -0.0323. The molecule has 138 valence electrons. The topological polar surface area (TPSA) is 60.9 Å². The second-order valence-electron chi connectivity index (χ2n) is 7.18. The summed E-state index contributed by atoms with van der Waals surface area (Å²) in [6.07, 6.45) is 3.73. The van der Waals surface area contributed by atoms with E-state index < -0.39 is 0 Å². The maximum Gasteiger partial charge on any atom is 0.322 e. The summed E-state index contributed by atoms with van der Waals surface area (Å²) in [6, 6.07) is 1.98. The Morgan fingerprint density at radius 2 is 2.20 bits per heavy atom. The first kappa shape index (κ1) is 18.1. The van der Waals surface area contributed by atoms with Crippen LogP contribution in [0.3, 0.4) is 0 Å². The Labute approximate surface area is 149 Å². The zero-order valence-corrected chi connectivity index (χ0v) is 15.4. The van der Waals surface area contributed by atoms with Crippen LogP contribution >= 0.6 is 0 Å². The van der Waals surface area contributed by atoms with Gasteiger partial charge in [0, 0.05) is 63.4 Å². The number of pyridine rings is 1. The molecule has 2 unspecified atom stereocenters. The monoisotopic (exact) mass is 347 g/mol. The van der Waals surface area contributed by atoms with E-state index in [9.17, 15) is 4.79 Å². The predicted molar refractivity (Wildman–Crippen MR) is 97.8 cm³/mol. The molecule has 2 fully saturated rings. The smallest absolute Gasteiger partial charge is 0.322 e. The van der Waals surface area contributed by atoms with Gasteiger partial charge in [-0.3, -0.25) is 9.88 Å². The summed E-state index contributed by atoms with van der Waals surface area (Å²) in [4.78, 5) is 23.3. The molecule has 0 aromatic carbocycles. The molecule has 7 nitrogen and oxygen atoms in total. The van der Waals surface area contributed by atoms with Crippen molar-refractivity contribution in [1.82, 2.24) is 19.7 Å². The van der Waals surface area contributed by atoms with Gasteiger partial charge in [-0.05, 0) is 32.5 Å². The first-order valence-corrected chi connectivity index (χ1v) is 9.03. The number of amides is 2. The van der Waals surface area contributed by atoms with Gasteiger partial charge in [0.2, 0.25) is 0 Å². The molecule has 1 aromatic heterocycles. The second-order valence-corrected chi connectivity index (χ2v) is 7.18. The highest BCUT2D eigenvalue weighted by atomic mass is 16.5. The van der Waals surface area contributed by atoms with E-state index in [1.807, 2.05) is 17.9 Å². The Balaban J connectivity index is 1.51. The van der Waals surface area contributed by atoms with Crippen molar-refractivity contribution in [2.45, 2.75) is 26.0 Å². The number of anilines is 1. The third-order valence-electron chi connectivity index (χ3n) is 5.04. The summed E-state index contributed by atoms with van der Waals surface area (Å²) >= 11 is 0. The number of aryl methyl sites for hydroxylation is 1. The van der Waals surface area contributed by atoms with Crippen molar-refractivity contribution in [3.8, 4) is 0 Å². The van der Waals surface area contributed by atoms with E-state index in [0.717, 1.165) is 57.1 Å². The van der Waals surface area contributed by atoms with Gasteiger partial charge in [-0.25, -0.2) is 4.79 Å². The third kappa shape index (κ3) is 4.68. The lowest BCUT2D eigenvalue weighted by molar-refractivity contribution is -0.0425. The van der Waals surface area contributed by atoms with E-state index in [-0.39, 0.29) is 18.2 Å². The van der Waals surface area contributed by atoms with Crippen LogP contribution in [0.25, 0.3) is 0 Å². The number of hydrogen-bond acceptors (Lipinski definition) is 5. The van der Waals surface area contributed by atoms with Crippen molar-refractivity contribution in [2.75, 3.05) is 58.2 Å². The van der Waals surface area contributed by atoms with Crippen LogP contribution in [0, 0.1) is 6.92 Å². The summed E-state index contributed by atoms with van der Waals surface area (Å²) in [6.45, 7) is 10.3. The highest BCUT2D eigenvalue weighted by Crippen LogP contribution is 2.16. The Hall–Kier alpha value is -1.70. The van der Waals surface area contributed by atoms with Crippen molar-refractivity contribution < 1.29 is 9.53 Å². The number of morpholine rings is 1. The average molecular weight is 347 g/mol. The van der Waals surface area contributed by atoms with E-state index in [1.54, 1.807) is 12.4 Å². The molecule has 7 heteroatoms. The van der Waals surface area contributed by atoms with Crippen LogP contribution < -0.4 is 5.32 Å². The number of likely N-dealkylation sites (N-methyl/N-ethyl adjacent to an activating group) is 1. The molecule has 2 aliphatic rings. The number of nitrogens with zero attached hydrogens (tertiary/aromatic N) is 4. The first-order chi connectivity index (χ1) is 12.0. The number of piperazine rings is 1. The van der Waals surface area contributed by atoms with Gasteiger partial charge in [-0.1, -0.05) is 0 Å². The Morgan fingerprint density at radius 1 is 1.36 bits per heavy atom. The van der Waals surface area contributed by atoms with Crippen LogP contribution in [0.4, 0.5) is 10.5 Å². The molecule has 25 heavy (non-hydrogen) atoms. The van der Waals surface area contributed by atoms with Gasteiger partial charge < -0.3 is 19.9 Å². The van der Waals surface area contributed by atoms with Crippen LogP contribution in [-0.2, 0) is 4.74 Å². The van der Waals surface area contributed by atoms with E-state index in [4.69, 9.17) is 4.74 Å². The number of urea groups is 1. The third-order valence-corrected chi connectivity index (χ3v) is 5.04. The van der Waals surface area contributed by atoms with Crippen molar-refractivity contribution in [3.63, 3.8) is 0 Å². The van der Waals surface area contributed by atoms with Crippen molar-refractivity contribution in [1.29, 1.82) is 0 Å². The largest absolute Gasteiger partial charge is 0.374 e. The van der Waals surface area contributed by atoms with E-state index in [1.165, 1.54) is 0 Å². The maximum atomic E-state index is 12.6. The highest BCUT2D eigenvalue weighted by molar-refractivity contribution is 5.90. The van der Waals surface area contributed by atoms with Gasteiger partial charge >= 0.3 is 6.03 Å². The van der Waals surface area contributed by atoms with Crippen molar-refractivity contribution >= 4 is 11.7 Å². The number of nitrogens with one attached hydrogen (secondary N) is 1. The van der Waals surface area contributed by atoms with Gasteiger partial charge in [0.15, 0.2) is 0 Å². The number of carbonyl (C=O) groups is 1. The minimum Gasteiger partial charge on any atom is -0.374 e. The Morgan fingerprint density at radius 3 is 2.92 bits per heavy atom. The molecule has 0 saturated carbocycles. The molecule has 3 rings (SSSR count). The number of carbonyl (C=O) groups excluding carboxylic acids is 1. The fraction of sp³-hybridized carbons (Fsp3) is 0.667. The average Bonchev–Trinajstić information content (AvgIpc) is 2.57. The number of rotatable bonds is 3. The molecule has 1 N–H and O–H groups in total. The highest BCUT2D eigenvalue weighted by Gasteiger charge is 2.30.